The summed E-state index contributed by atoms with van der Waals surface area (Å²) in [6.45, 7) is 8.82. The maximum absolute atomic E-state index is 12.7. The van der Waals surface area contributed by atoms with Gasteiger partial charge in [-0.05, 0) is 38.0 Å². The summed E-state index contributed by atoms with van der Waals surface area (Å²) in [5, 5.41) is 0.571. The van der Waals surface area contributed by atoms with Crippen LogP contribution >= 0.6 is 23.1 Å². The molecule has 2 rings (SSSR count). The van der Waals surface area contributed by atoms with Gasteiger partial charge in [0.15, 0.2) is 5.17 Å². The number of amidine groups is 1. The number of carbonyl (C=O) groups excluding carboxylic acids is 2. The van der Waals surface area contributed by atoms with Crippen LogP contribution in [0.5, 0.6) is 0 Å². The van der Waals surface area contributed by atoms with Crippen LogP contribution in [0, 0.1) is 12.8 Å². The average Bonchev–Trinajstić information content (AvgIpc) is 3.04. The van der Waals surface area contributed by atoms with E-state index < -0.39 is 0 Å². The molecule has 1 aromatic rings. The predicted molar refractivity (Wildman–Crippen MR) is 100 cm³/mol. The quantitative estimate of drug-likeness (QED) is 0.571. The molecule has 0 aromatic carbocycles. The normalized spacial score (nSPS) is 16.2. The van der Waals surface area contributed by atoms with Crippen molar-refractivity contribution in [3.05, 3.63) is 27.6 Å². The largest absolute Gasteiger partial charge is 0.465 e. The van der Waals surface area contributed by atoms with Gasteiger partial charge in [-0.2, -0.15) is 0 Å². The van der Waals surface area contributed by atoms with Crippen molar-refractivity contribution in [2.75, 3.05) is 18.9 Å². The van der Waals surface area contributed by atoms with Gasteiger partial charge < -0.3 is 4.74 Å². The number of amides is 1. The smallest absolute Gasteiger partial charge is 0.316 e. The molecule has 0 unspecified atom stereocenters. The number of thiophene rings is 1. The van der Waals surface area contributed by atoms with Gasteiger partial charge >= 0.3 is 5.97 Å². The van der Waals surface area contributed by atoms with Crippen LogP contribution < -0.4 is 0 Å². The molecule has 0 spiro atoms. The Hall–Kier alpha value is -1.60. The Morgan fingerprint density at radius 2 is 2.21 bits per heavy atom. The second kappa shape index (κ2) is 8.48. The van der Waals surface area contributed by atoms with Crippen molar-refractivity contribution in [1.82, 2.24) is 4.90 Å². The Balaban J connectivity index is 2.18. The van der Waals surface area contributed by atoms with Crippen molar-refractivity contribution < 1.29 is 14.3 Å². The van der Waals surface area contributed by atoms with Crippen molar-refractivity contribution >= 4 is 46.2 Å². The lowest BCUT2D eigenvalue weighted by atomic mass is 10.2. The van der Waals surface area contributed by atoms with E-state index in [1.807, 2.05) is 39.0 Å². The second-order valence-electron chi connectivity index (χ2n) is 5.78. The molecule has 7 heteroatoms. The van der Waals surface area contributed by atoms with Crippen LogP contribution in [0.3, 0.4) is 0 Å². The van der Waals surface area contributed by atoms with E-state index in [0.29, 0.717) is 29.9 Å². The third-order valence-corrected chi connectivity index (χ3v) is 5.02. The zero-order valence-electron chi connectivity index (χ0n) is 14.4. The molecule has 0 saturated heterocycles. The average molecular weight is 367 g/mol. The van der Waals surface area contributed by atoms with Crippen LogP contribution in [0.4, 0.5) is 0 Å². The summed E-state index contributed by atoms with van der Waals surface area (Å²) >= 11 is 2.87. The zero-order chi connectivity index (χ0) is 17.7. The van der Waals surface area contributed by atoms with Crippen molar-refractivity contribution in [2.45, 2.75) is 27.7 Å². The Kier molecular flexibility index (Phi) is 6.62. The number of thioether (sulfide) groups is 1. The summed E-state index contributed by atoms with van der Waals surface area (Å²) in [6, 6.07) is 3.99. The molecule has 24 heavy (non-hydrogen) atoms. The molecule has 5 nitrogen and oxygen atoms in total. The SMILES string of the molecule is CCOC(=O)CSC1=NC(=Cc2ccc(C)s2)C(=O)N1CC(C)C. The topological polar surface area (TPSA) is 59.0 Å². The fourth-order valence-electron chi connectivity index (χ4n) is 2.16. The van der Waals surface area contributed by atoms with E-state index >= 15 is 0 Å². The minimum atomic E-state index is -0.298. The minimum Gasteiger partial charge on any atom is -0.465 e. The van der Waals surface area contributed by atoms with E-state index in [1.165, 1.54) is 16.6 Å². The third-order valence-electron chi connectivity index (χ3n) is 3.12. The fourth-order valence-corrected chi connectivity index (χ4v) is 3.78. The number of carbonyl (C=O) groups is 2. The Labute approximate surface area is 150 Å². The van der Waals surface area contributed by atoms with E-state index in [2.05, 4.69) is 4.99 Å². The first-order valence-electron chi connectivity index (χ1n) is 7.87. The fraction of sp³-hybridized carbons (Fsp3) is 0.471. The molecular weight excluding hydrogens is 344 g/mol. The van der Waals surface area contributed by atoms with Crippen LogP contribution in [0.1, 0.15) is 30.5 Å². The molecule has 1 aromatic heterocycles. The highest BCUT2D eigenvalue weighted by molar-refractivity contribution is 8.14. The van der Waals surface area contributed by atoms with Crippen LogP contribution in [0.15, 0.2) is 22.8 Å². The number of nitrogens with zero attached hydrogens (tertiary/aromatic N) is 2. The monoisotopic (exact) mass is 366 g/mol. The highest BCUT2D eigenvalue weighted by Gasteiger charge is 2.31. The van der Waals surface area contributed by atoms with E-state index in [-0.39, 0.29) is 17.6 Å². The first-order valence-corrected chi connectivity index (χ1v) is 9.68. The number of esters is 1. The van der Waals surface area contributed by atoms with Crippen molar-refractivity contribution in [2.24, 2.45) is 10.9 Å². The van der Waals surface area contributed by atoms with Gasteiger partial charge in [-0.25, -0.2) is 4.99 Å². The van der Waals surface area contributed by atoms with Gasteiger partial charge in [0.05, 0.1) is 12.4 Å². The maximum Gasteiger partial charge on any atom is 0.316 e. The molecule has 1 aliphatic heterocycles. The Morgan fingerprint density at radius 1 is 1.46 bits per heavy atom. The molecule has 0 fully saturated rings. The standard InChI is InChI=1S/C17H22N2O3S2/c1-5-22-15(20)10-23-17-18-14(8-13-7-6-12(4)24-13)16(21)19(17)9-11(2)3/h6-8,11H,5,9-10H2,1-4H3. The lowest BCUT2D eigenvalue weighted by Gasteiger charge is -2.19. The minimum absolute atomic E-state index is 0.110. The number of rotatable bonds is 6. The molecule has 2 heterocycles. The van der Waals surface area contributed by atoms with Crippen LogP contribution in [0.2, 0.25) is 0 Å². The first kappa shape index (κ1) is 18.7. The number of hydrogen-bond donors (Lipinski definition) is 0. The van der Waals surface area contributed by atoms with Crippen molar-refractivity contribution in [3.63, 3.8) is 0 Å². The molecule has 0 bridgehead atoms. The van der Waals surface area contributed by atoms with Gasteiger partial charge in [0.25, 0.3) is 5.91 Å². The summed E-state index contributed by atoms with van der Waals surface area (Å²) in [7, 11) is 0. The van der Waals surface area contributed by atoms with Gasteiger partial charge in [0.2, 0.25) is 0 Å². The Bertz CT molecular complexity index is 677. The molecular formula is C17H22N2O3S2. The number of ether oxygens (including phenoxy) is 1. The molecule has 0 aliphatic carbocycles. The highest BCUT2D eigenvalue weighted by atomic mass is 32.2. The summed E-state index contributed by atoms with van der Waals surface area (Å²) in [6.07, 6.45) is 1.81. The van der Waals surface area contributed by atoms with E-state index in [0.717, 1.165) is 4.88 Å². The lowest BCUT2D eigenvalue weighted by molar-refractivity contribution is -0.139. The highest BCUT2D eigenvalue weighted by Crippen LogP contribution is 2.27. The van der Waals surface area contributed by atoms with Crippen LogP contribution in [-0.4, -0.2) is 40.8 Å². The van der Waals surface area contributed by atoms with Crippen LogP contribution in [-0.2, 0) is 14.3 Å². The number of aliphatic imine (C=N–C) groups is 1. The molecule has 130 valence electrons. The van der Waals surface area contributed by atoms with Crippen molar-refractivity contribution in [3.8, 4) is 0 Å². The predicted octanol–water partition coefficient (Wildman–Crippen LogP) is 3.55. The molecule has 0 radical (unpaired) electrons. The number of hydrogen-bond acceptors (Lipinski definition) is 6. The zero-order valence-corrected chi connectivity index (χ0v) is 16.0. The van der Waals surface area contributed by atoms with E-state index in [4.69, 9.17) is 4.74 Å². The molecule has 1 aliphatic rings. The second-order valence-corrected chi connectivity index (χ2v) is 8.04. The molecule has 0 atom stereocenters. The summed E-state index contributed by atoms with van der Waals surface area (Å²) < 4.78 is 4.94. The first-order chi connectivity index (χ1) is 11.4. The van der Waals surface area contributed by atoms with Gasteiger partial charge in [-0.15, -0.1) is 11.3 Å². The Morgan fingerprint density at radius 3 is 2.79 bits per heavy atom. The van der Waals surface area contributed by atoms with Crippen molar-refractivity contribution in [1.29, 1.82) is 0 Å². The van der Waals surface area contributed by atoms with E-state index in [9.17, 15) is 9.59 Å². The lowest BCUT2D eigenvalue weighted by Crippen LogP contribution is -2.34. The van der Waals surface area contributed by atoms with Gasteiger partial charge in [0.1, 0.15) is 5.70 Å². The van der Waals surface area contributed by atoms with E-state index in [1.54, 1.807) is 23.2 Å². The van der Waals surface area contributed by atoms with Gasteiger partial charge in [-0.3, -0.25) is 14.5 Å². The third kappa shape index (κ3) is 4.95. The van der Waals surface area contributed by atoms with Crippen LogP contribution in [0.25, 0.3) is 6.08 Å². The summed E-state index contributed by atoms with van der Waals surface area (Å²) in [5.41, 5.74) is 0.420. The van der Waals surface area contributed by atoms with Gasteiger partial charge in [-0.1, -0.05) is 25.6 Å². The summed E-state index contributed by atoms with van der Waals surface area (Å²) in [4.78, 5) is 32.5. The number of aryl methyl sites for hydroxylation is 1. The van der Waals surface area contributed by atoms with Gasteiger partial charge in [0, 0.05) is 16.3 Å². The molecule has 1 amide bonds. The molecule has 0 N–H and O–H groups in total. The maximum atomic E-state index is 12.7. The summed E-state index contributed by atoms with van der Waals surface area (Å²) in [5.74, 6) is 0.0557. The molecule has 0 saturated carbocycles.